The highest BCUT2D eigenvalue weighted by Crippen LogP contribution is 2.55. The molecule has 0 unspecified atom stereocenters. The third-order valence-electron chi connectivity index (χ3n) is 13.8. The van der Waals surface area contributed by atoms with Gasteiger partial charge in [0.05, 0.1) is 16.7 Å². The Hall–Kier alpha value is -7.16. The molecule has 0 fully saturated rings. The van der Waals surface area contributed by atoms with Crippen molar-refractivity contribution >= 4 is 49.6 Å². The smallest absolute Gasteiger partial charge is 0.0562 e. The Morgan fingerprint density at radius 3 is 1.80 bits per heavy atom. The maximum Gasteiger partial charge on any atom is 0.0562 e. The van der Waals surface area contributed by atoms with Gasteiger partial charge in [0.25, 0.3) is 0 Å². The van der Waals surface area contributed by atoms with Gasteiger partial charge in [0.15, 0.2) is 0 Å². The van der Waals surface area contributed by atoms with Crippen LogP contribution in [0.2, 0.25) is 0 Å². The second-order valence-electron chi connectivity index (χ2n) is 17.7. The largest absolute Gasteiger partial charge is 0.310 e. The summed E-state index contributed by atoms with van der Waals surface area (Å²) < 4.78 is 2.53. The molecule has 10 aromatic rings. The van der Waals surface area contributed by atoms with Gasteiger partial charge in [-0.25, -0.2) is 0 Å². The first-order valence-corrected chi connectivity index (χ1v) is 21.2. The molecule has 0 aliphatic heterocycles. The molecule has 12 rings (SSSR count). The van der Waals surface area contributed by atoms with Gasteiger partial charge in [-0.3, -0.25) is 0 Å². The van der Waals surface area contributed by atoms with Gasteiger partial charge in [0.2, 0.25) is 0 Å². The minimum Gasteiger partial charge on any atom is -0.310 e. The summed E-state index contributed by atoms with van der Waals surface area (Å²) in [4.78, 5) is 2.46. The lowest BCUT2D eigenvalue weighted by atomic mass is 9.82. The fourth-order valence-electron chi connectivity index (χ4n) is 10.8. The molecule has 2 aliphatic carbocycles. The van der Waals surface area contributed by atoms with E-state index in [4.69, 9.17) is 0 Å². The van der Waals surface area contributed by atoms with Crippen LogP contribution in [0.1, 0.15) is 49.9 Å². The van der Waals surface area contributed by atoms with E-state index < -0.39 is 0 Å². The number of aromatic nitrogens is 1. The normalized spacial score (nSPS) is 14.3. The quantitative estimate of drug-likeness (QED) is 0.169. The summed E-state index contributed by atoms with van der Waals surface area (Å²) in [5.74, 6) is 0. The first kappa shape index (κ1) is 34.8. The topological polar surface area (TPSA) is 8.17 Å². The van der Waals surface area contributed by atoms with Crippen LogP contribution in [-0.4, -0.2) is 4.57 Å². The van der Waals surface area contributed by atoms with Crippen molar-refractivity contribution in [3.8, 4) is 39.1 Å². The maximum absolute atomic E-state index is 2.53. The predicted molar refractivity (Wildman–Crippen MR) is 254 cm³/mol. The van der Waals surface area contributed by atoms with Crippen molar-refractivity contribution in [1.82, 2.24) is 4.57 Å². The van der Waals surface area contributed by atoms with E-state index in [2.05, 4.69) is 231 Å². The number of fused-ring (bicyclic) bond motifs is 11. The van der Waals surface area contributed by atoms with E-state index in [-0.39, 0.29) is 10.8 Å². The van der Waals surface area contributed by atoms with Gasteiger partial charge >= 0.3 is 0 Å². The number of benzene rings is 9. The van der Waals surface area contributed by atoms with Crippen LogP contribution < -0.4 is 4.90 Å². The summed E-state index contributed by atoms with van der Waals surface area (Å²) in [6.07, 6.45) is 0. The molecule has 1 heterocycles. The molecule has 0 bridgehead atoms. The van der Waals surface area contributed by atoms with Crippen LogP contribution in [0.3, 0.4) is 0 Å². The van der Waals surface area contributed by atoms with Crippen molar-refractivity contribution < 1.29 is 0 Å². The van der Waals surface area contributed by atoms with Crippen molar-refractivity contribution in [3.63, 3.8) is 0 Å². The Kier molecular flexibility index (Phi) is 7.36. The molecular weight excluding hydrogens is 725 g/mol. The fourth-order valence-corrected chi connectivity index (χ4v) is 10.8. The van der Waals surface area contributed by atoms with E-state index in [1.165, 1.54) is 93.9 Å². The molecule has 0 amide bonds. The second-order valence-corrected chi connectivity index (χ2v) is 17.7. The number of nitrogens with zero attached hydrogens (tertiary/aromatic N) is 2. The van der Waals surface area contributed by atoms with Crippen molar-refractivity contribution in [2.75, 3.05) is 4.90 Å². The first-order valence-electron chi connectivity index (χ1n) is 21.2. The predicted octanol–water partition coefficient (Wildman–Crippen LogP) is 15.7. The molecule has 0 radical (unpaired) electrons. The van der Waals surface area contributed by atoms with E-state index in [1.54, 1.807) is 0 Å². The summed E-state index contributed by atoms with van der Waals surface area (Å²) in [6.45, 7) is 9.49. The highest BCUT2D eigenvalue weighted by molar-refractivity contribution is 6.19. The highest BCUT2D eigenvalue weighted by Gasteiger charge is 2.38. The van der Waals surface area contributed by atoms with Gasteiger partial charge in [0, 0.05) is 44.1 Å². The highest BCUT2D eigenvalue weighted by atomic mass is 15.1. The second kappa shape index (κ2) is 12.7. The molecule has 1 aromatic heterocycles. The molecule has 2 heteroatoms. The number of rotatable bonds is 5. The third-order valence-corrected chi connectivity index (χ3v) is 13.8. The van der Waals surface area contributed by atoms with Crippen LogP contribution in [0.5, 0.6) is 0 Å². The Labute approximate surface area is 351 Å². The Balaban J connectivity index is 1.14. The summed E-state index contributed by atoms with van der Waals surface area (Å²) in [5.41, 5.74) is 20.0. The van der Waals surface area contributed by atoms with Gasteiger partial charge in [-0.1, -0.05) is 173 Å². The van der Waals surface area contributed by atoms with E-state index in [1.807, 2.05) is 0 Å². The third kappa shape index (κ3) is 4.88. The van der Waals surface area contributed by atoms with Crippen molar-refractivity contribution in [2.24, 2.45) is 0 Å². The lowest BCUT2D eigenvalue weighted by molar-refractivity contribution is 0.660. The Bertz CT molecular complexity index is 3360. The minimum atomic E-state index is -0.125. The van der Waals surface area contributed by atoms with Gasteiger partial charge < -0.3 is 9.47 Å². The van der Waals surface area contributed by atoms with Gasteiger partial charge in [-0.2, -0.15) is 0 Å². The van der Waals surface area contributed by atoms with Gasteiger partial charge in [0.1, 0.15) is 0 Å². The molecule has 0 atom stereocenters. The molecule has 0 saturated carbocycles. The molecule has 2 nitrogen and oxygen atoms in total. The summed E-state index contributed by atoms with van der Waals surface area (Å²) in [6, 6.07) is 72.3. The lowest BCUT2D eigenvalue weighted by Crippen LogP contribution is -2.16. The van der Waals surface area contributed by atoms with Gasteiger partial charge in [-0.15, -0.1) is 0 Å². The zero-order valence-electron chi connectivity index (χ0n) is 34.4. The van der Waals surface area contributed by atoms with Crippen molar-refractivity contribution in [2.45, 2.75) is 38.5 Å². The molecule has 9 aromatic carbocycles. The average Bonchev–Trinajstić information content (AvgIpc) is 3.83. The van der Waals surface area contributed by atoms with Crippen LogP contribution in [0.15, 0.2) is 194 Å². The average molecular weight is 769 g/mol. The summed E-state index contributed by atoms with van der Waals surface area (Å²) in [5, 5.41) is 5.04. The zero-order chi connectivity index (χ0) is 40.3. The number of hydrogen-bond acceptors (Lipinski definition) is 1. The van der Waals surface area contributed by atoms with E-state index in [0.717, 1.165) is 17.1 Å². The molecule has 0 spiro atoms. The summed E-state index contributed by atoms with van der Waals surface area (Å²) in [7, 11) is 0. The first-order chi connectivity index (χ1) is 29.3. The number of anilines is 3. The van der Waals surface area contributed by atoms with Crippen LogP contribution >= 0.6 is 0 Å². The molecule has 0 N–H and O–H groups in total. The van der Waals surface area contributed by atoms with E-state index in [9.17, 15) is 0 Å². The standard InChI is InChI=1S/C58H44N2/c1-57(2)49-23-13-11-21-46(49)55-50(57)33-34-53-56(55)47-32-30-42(36-54(47)60(53)52-24-14-18-39-17-8-9-19-43(39)52)59(40-27-25-38(26-28-40)37-15-6-5-7-16-37)41-29-31-45-44-20-10-12-22-48(44)58(3,4)51(45)35-41/h5-36H,1-4H3. The Morgan fingerprint density at radius 1 is 0.383 bits per heavy atom. The van der Waals surface area contributed by atoms with Crippen LogP contribution in [-0.2, 0) is 10.8 Å². The van der Waals surface area contributed by atoms with Crippen LogP contribution in [0.4, 0.5) is 17.1 Å². The zero-order valence-corrected chi connectivity index (χ0v) is 34.4. The molecule has 0 saturated heterocycles. The molecule has 286 valence electrons. The molecule has 2 aliphatic rings. The Morgan fingerprint density at radius 2 is 0.983 bits per heavy atom. The van der Waals surface area contributed by atoms with E-state index in [0.29, 0.717) is 0 Å². The molecule has 60 heavy (non-hydrogen) atoms. The maximum atomic E-state index is 2.53. The molecular formula is C58H44N2. The van der Waals surface area contributed by atoms with Crippen molar-refractivity contribution in [1.29, 1.82) is 0 Å². The van der Waals surface area contributed by atoms with Crippen molar-refractivity contribution in [3.05, 3.63) is 216 Å². The minimum absolute atomic E-state index is 0.0996. The fraction of sp³-hybridized carbons (Fsp3) is 0.103. The summed E-state index contributed by atoms with van der Waals surface area (Å²) >= 11 is 0. The van der Waals surface area contributed by atoms with Gasteiger partial charge in [-0.05, 0) is 110 Å². The number of hydrogen-bond donors (Lipinski definition) is 0. The van der Waals surface area contributed by atoms with E-state index >= 15 is 0 Å². The lowest BCUT2D eigenvalue weighted by Gasteiger charge is -2.28. The van der Waals surface area contributed by atoms with Crippen LogP contribution in [0.25, 0.3) is 71.6 Å². The monoisotopic (exact) mass is 768 g/mol. The SMILES string of the molecule is CC1(C)c2ccccc2-c2ccc(N(c3ccc(-c4ccccc4)cc3)c3ccc4c5c6c(ccc5n(-c5cccc7ccccc57)c4c3)C(C)(C)c3ccccc3-6)cc21. The van der Waals surface area contributed by atoms with Crippen LogP contribution in [0, 0.1) is 0 Å².